The highest BCUT2D eigenvalue weighted by atomic mass is 35.5. The summed E-state index contributed by atoms with van der Waals surface area (Å²) in [4.78, 5) is 12.4. The maximum Gasteiger partial charge on any atom is 0.247 e. The van der Waals surface area contributed by atoms with E-state index in [2.05, 4.69) is 18.9 Å². The molecule has 0 N–H and O–H groups in total. The fraction of sp³-hybridized carbons (Fsp3) is 0.444. The maximum atomic E-state index is 12.4. The quantitative estimate of drug-likeness (QED) is 0.638. The molecule has 0 aliphatic rings. The van der Waals surface area contributed by atoms with Gasteiger partial charge in [0.25, 0.3) is 0 Å². The third-order valence-electron chi connectivity index (χ3n) is 3.85. The van der Waals surface area contributed by atoms with Crippen LogP contribution in [0.5, 0.6) is 5.75 Å². The molecule has 1 aromatic carbocycles. The van der Waals surface area contributed by atoms with Crippen LogP contribution >= 0.6 is 23.2 Å². The van der Waals surface area contributed by atoms with Crippen LogP contribution in [0.15, 0.2) is 18.2 Å². The molecule has 0 aliphatic heterocycles. The van der Waals surface area contributed by atoms with Crippen LogP contribution in [-0.2, 0) is 0 Å². The van der Waals surface area contributed by atoms with Crippen LogP contribution in [-0.4, -0.2) is 22.3 Å². The molecule has 130 valence electrons. The third-order valence-corrected chi connectivity index (χ3v) is 4.38. The lowest BCUT2D eigenvalue weighted by molar-refractivity contribution is 0.0874. The molecule has 0 unspecified atom stereocenters. The zero-order valence-electron chi connectivity index (χ0n) is 14.4. The van der Waals surface area contributed by atoms with E-state index in [0.717, 1.165) is 17.0 Å². The predicted molar refractivity (Wildman–Crippen MR) is 97.6 cm³/mol. The Kier molecular flexibility index (Phi) is 6.30. The number of aryl methyl sites for hydroxylation is 1. The van der Waals surface area contributed by atoms with Crippen LogP contribution < -0.4 is 4.74 Å². The largest absolute Gasteiger partial charge is 0.492 e. The van der Waals surface area contributed by atoms with Crippen molar-refractivity contribution in [3.63, 3.8) is 0 Å². The van der Waals surface area contributed by atoms with Crippen LogP contribution in [0.3, 0.4) is 0 Å². The van der Waals surface area contributed by atoms with E-state index in [0.29, 0.717) is 41.2 Å². The summed E-state index contributed by atoms with van der Waals surface area (Å²) in [6.07, 6.45) is 0.956. The SMILES string of the molecule is Cc1nn(C(=O)CCCOc2ccc(Cl)cc2Cl)c(C)c1C(C)C. The summed E-state index contributed by atoms with van der Waals surface area (Å²) < 4.78 is 7.12. The molecule has 2 rings (SSSR count). The number of ether oxygens (including phenoxy) is 1. The van der Waals surface area contributed by atoms with Gasteiger partial charge in [0.2, 0.25) is 5.91 Å². The number of benzene rings is 1. The standard InChI is InChI=1S/C18H22Cl2N2O2/c1-11(2)18-12(3)21-22(13(18)4)17(23)6-5-9-24-16-8-7-14(19)10-15(16)20/h7-8,10-11H,5-6,9H2,1-4H3. The van der Waals surface area contributed by atoms with Crippen molar-refractivity contribution in [1.82, 2.24) is 9.78 Å². The topological polar surface area (TPSA) is 44.1 Å². The second-order valence-electron chi connectivity index (χ2n) is 6.07. The summed E-state index contributed by atoms with van der Waals surface area (Å²) in [5.74, 6) is 0.900. The third kappa shape index (κ3) is 4.31. The van der Waals surface area contributed by atoms with Gasteiger partial charge < -0.3 is 4.74 Å². The fourth-order valence-corrected chi connectivity index (χ4v) is 3.30. The van der Waals surface area contributed by atoms with E-state index >= 15 is 0 Å². The Morgan fingerprint density at radius 2 is 2.00 bits per heavy atom. The molecule has 6 heteroatoms. The molecule has 1 aromatic heterocycles. The molecule has 4 nitrogen and oxygen atoms in total. The van der Waals surface area contributed by atoms with E-state index in [1.807, 2.05) is 13.8 Å². The minimum atomic E-state index is -0.0201. The number of rotatable bonds is 6. The van der Waals surface area contributed by atoms with Crippen molar-refractivity contribution in [2.75, 3.05) is 6.61 Å². The molecule has 0 fully saturated rings. The Labute approximate surface area is 152 Å². The van der Waals surface area contributed by atoms with Gasteiger partial charge in [-0.25, -0.2) is 4.68 Å². The maximum absolute atomic E-state index is 12.4. The Hall–Kier alpha value is -1.52. The Balaban J connectivity index is 1.91. The lowest BCUT2D eigenvalue weighted by Gasteiger charge is -2.09. The van der Waals surface area contributed by atoms with Crippen LogP contribution in [0.1, 0.15) is 54.4 Å². The van der Waals surface area contributed by atoms with E-state index in [-0.39, 0.29) is 5.91 Å². The molecular weight excluding hydrogens is 347 g/mol. The molecule has 1 heterocycles. The van der Waals surface area contributed by atoms with Gasteiger partial charge in [-0.3, -0.25) is 4.79 Å². The molecule has 0 atom stereocenters. The molecule has 0 amide bonds. The zero-order chi connectivity index (χ0) is 17.9. The highest BCUT2D eigenvalue weighted by Gasteiger charge is 2.18. The van der Waals surface area contributed by atoms with E-state index < -0.39 is 0 Å². The summed E-state index contributed by atoms with van der Waals surface area (Å²) in [5.41, 5.74) is 2.99. The first kappa shape index (κ1) is 18.8. The second-order valence-corrected chi connectivity index (χ2v) is 6.92. The van der Waals surface area contributed by atoms with Gasteiger partial charge in [0.1, 0.15) is 5.75 Å². The van der Waals surface area contributed by atoms with E-state index in [1.165, 1.54) is 4.68 Å². The Morgan fingerprint density at radius 1 is 1.29 bits per heavy atom. The van der Waals surface area contributed by atoms with Crippen LogP contribution in [0.25, 0.3) is 0 Å². The van der Waals surface area contributed by atoms with Gasteiger partial charge in [-0.05, 0) is 49.9 Å². The second kappa shape index (κ2) is 8.04. The molecule has 0 bridgehead atoms. The molecule has 0 saturated heterocycles. The van der Waals surface area contributed by atoms with Gasteiger partial charge in [-0.1, -0.05) is 37.0 Å². The van der Waals surface area contributed by atoms with Gasteiger partial charge in [0.05, 0.1) is 17.3 Å². The molecule has 0 spiro atoms. The molecule has 0 radical (unpaired) electrons. The number of halogens is 2. The van der Waals surface area contributed by atoms with Crippen molar-refractivity contribution in [2.24, 2.45) is 0 Å². The summed E-state index contributed by atoms with van der Waals surface area (Å²) >= 11 is 11.9. The van der Waals surface area contributed by atoms with Crippen molar-refractivity contribution in [2.45, 2.75) is 46.5 Å². The van der Waals surface area contributed by atoms with Gasteiger partial charge in [0, 0.05) is 17.1 Å². The highest BCUT2D eigenvalue weighted by Crippen LogP contribution is 2.27. The smallest absolute Gasteiger partial charge is 0.247 e. The summed E-state index contributed by atoms with van der Waals surface area (Å²) in [7, 11) is 0. The number of aromatic nitrogens is 2. The van der Waals surface area contributed by atoms with Gasteiger partial charge in [0.15, 0.2) is 0 Å². The molecule has 24 heavy (non-hydrogen) atoms. The van der Waals surface area contributed by atoms with Crippen LogP contribution in [0, 0.1) is 13.8 Å². The van der Waals surface area contributed by atoms with Crippen molar-refractivity contribution in [3.05, 3.63) is 45.2 Å². The Morgan fingerprint density at radius 3 is 2.58 bits per heavy atom. The first-order valence-electron chi connectivity index (χ1n) is 7.98. The first-order chi connectivity index (χ1) is 11.3. The van der Waals surface area contributed by atoms with E-state index in [1.54, 1.807) is 18.2 Å². The molecule has 0 aliphatic carbocycles. The lowest BCUT2D eigenvalue weighted by atomic mass is 10.0. The summed E-state index contributed by atoms with van der Waals surface area (Å²) in [6, 6.07) is 5.08. The minimum absolute atomic E-state index is 0.0201. The van der Waals surface area contributed by atoms with Gasteiger partial charge in [-0.2, -0.15) is 5.10 Å². The van der Waals surface area contributed by atoms with Gasteiger partial charge >= 0.3 is 0 Å². The van der Waals surface area contributed by atoms with E-state index in [9.17, 15) is 4.79 Å². The predicted octanol–water partition coefficient (Wildman–Crippen LogP) is 5.43. The lowest BCUT2D eigenvalue weighted by Crippen LogP contribution is -2.15. The molecule has 0 saturated carbocycles. The van der Waals surface area contributed by atoms with Crippen molar-refractivity contribution in [3.8, 4) is 5.75 Å². The van der Waals surface area contributed by atoms with Crippen molar-refractivity contribution < 1.29 is 9.53 Å². The number of nitrogens with zero attached hydrogens (tertiary/aromatic N) is 2. The zero-order valence-corrected chi connectivity index (χ0v) is 15.9. The summed E-state index contributed by atoms with van der Waals surface area (Å²) in [5, 5.41) is 5.41. The minimum Gasteiger partial charge on any atom is -0.492 e. The van der Waals surface area contributed by atoms with Crippen LogP contribution in [0.2, 0.25) is 10.0 Å². The Bertz CT molecular complexity index is 739. The summed E-state index contributed by atoms with van der Waals surface area (Å²) in [6.45, 7) is 8.50. The fourth-order valence-electron chi connectivity index (χ4n) is 2.84. The monoisotopic (exact) mass is 368 g/mol. The van der Waals surface area contributed by atoms with Gasteiger partial charge in [-0.15, -0.1) is 0 Å². The number of hydrogen-bond acceptors (Lipinski definition) is 3. The molecule has 2 aromatic rings. The van der Waals surface area contributed by atoms with Crippen molar-refractivity contribution in [1.29, 1.82) is 0 Å². The average Bonchev–Trinajstić information content (AvgIpc) is 2.80. The average molecular weight is 369 g/mol. The van der Waals surface area contributed by atoms with E-state index in [4.69, 9.17) is 27.9 Å². The normalized spacial score (nSPS) is 11.1. The molecular formula is C18H22Cl2N2O2. The first-order valence-corrected chi connectivity index (χ1v) is 8.74. The highest BCUT2D eigenvalue weighted by molar-refractivity contribution is 6.35. The number of carbonyl (C=O) groups excluding carboxylic acids is 1. The number of hydrogen-bond donors (Lipinski definition) is 0. The van der Waals surface area contributed by atoms with Crippen molar-refractivity contribution >= 4 is 29.1 Å². The van der Waals surface area contributed by atoms with Crippen LogP contribution in [0.4, 0.5) is 0 Å². The number of carbonyl (C=O) groups is 1.